The van der Waals surface area contributed by atoms with Gasteiger partial charge in [0.25, 0.3) is 11.5 Å². The van der Waals surface area contributed by atoms with Crippen molar-refractivity contribution in [2.75, 3.05) is 25.0 Å². The Morgan fingerprint density at radius 2 is 1.76 bits per heavy atom. The van der Waals surface area contributed by atoms with Gasteiger partial charge < -0.3 is 19.7 Å². The fourth-order valence-corrected chi connectivity index (χ4v) is 5.17. The third-order valence-corrected chi connectivity index (χ3v) is 7.07. The van der Waals surface area contributed by atoms with Crippen LogP contribution in [0, 0.1) is 19.8 Å². The molecule has 0 aliphatic carbocycles. The Balaban J connectivity index is 1.46. The first-order valence-electron chi connectivity index (χ1n) is 14.1. The molecule has 5 rings (SSSR count). The standard InChI is InChI=1S/C33H34N4O5/c1-4-41-33(40)25-11-9-15-36(21-25)31(38)24-10-8-12-26(19-24)35-30-29(42-28-17-22(2)16-23(3)18-28)20-34-37(32(30)39)27-13-6-5-7-14-27/h5-8,10,12-14,16-20,25,35H,4,9,11,15,21H2,1-3H3. The number of nitrogens with zero attached hydrogens (tertiary/aromatic N) is 3. The van der Waals surface area contributed by atoms with Gasteiger partial charge in [-0.2, -0.15) is 9.78 Å². The molecule has 1 saturated heterocycles. The lowest BCUT2D eigenvalue weighted by Gasteiger charge is -2.31. The minimum Gasteiger partial charge on any atom is -0.466 e. The third kappa shape index (κ3) is 6.52. The van der Waals surface area contributed by atoms with Crippen molar-refractivity contribution in [2.24, 2.45) is 5.92 Å². The monoisotopic (exact) mass is 566 g/mol. The van der Waals surface area contributed by atoms with E-state index in [0.717, 1.165) is 17.5 Å². The highest BCUT2D eigenvalue weighted by Gasteiger charge is 2.30. The molecule has 4 aromatic rings. The molecule has 1 fully saturated rings. The molecule has 1 atom stereocenters. The van der Waals surface area contributed by atoms with Crippen LogP contribution < -0.4 is 15.6 Å². The topological polar surface area (TPSA) is 103 Å². The second kappa shape index (κ2) is 12.7. The predicted molar refractivity (Wildman–Crippen MR) is 161 cm³/mol. The Kier molecular flexibility index (Phi) is 8.66. The van der Waals surface area contributed by atoms with Crippen LogP contribution in [0.3, 0.4) is 0 Å². The van der Waals surface area contributed by atoms with E-state index in [4.69, 9.17) is 9.47 Å². The van der Waals surface area contributed by atoms with Gasteiger partial charge in [0, 0.05) is 24.3 Å². The summed E-state index contributed by atoms with van der Waals surface area (Å²) in [7, 11) is 0. The summed E-state index contributed by atoms with van der Waals surface area (Å²) in [5, 5.41) is 7.57. The molecule has 9 nitrogen and oxygen atoms in total. The van der Waals surface area contributed by atoms with Gasteiger partial charge >= 0.3 is 5.97 Å². The van der Waals surface area contributed by atoms with E-state index in [1.165, 1.54) is 10.9 Å². The Bertz CT molecular complexity index is 1630. The minimum absolute atomic E-state index is 0.179. The molecule has 0 saturated carbocycles. The Labute approximate surface area is 244 Å². The Morgan fingerprint density at radius 3 is 2.50 bits per heavy atom. The molecule has 1 aliphatic rings. The van der Waals surface area contributed by atoms with E-state index in [2.05, 4.69) is 10.4 Å². The summed E-state index contributed by atoms with van der Waals surface area (Å²) in [4.78, 5) is 41.2. The summed E-state index contributed by atoms with van der Waals surface area (Å²) in [5.74, 6) is 0.0497. The second-order valence-corrected chi connectivity index (χ2v) is 10.4. The van der Waals surface area contributed by atoms with Crippen molar-refractivity contribution in [1.29, 1.82) is 0 Å². The number of hydrogen-bond donors (Lipinski definition) is 1. The molecule has 216 valence electrons. The van der Waals surface area contributed by atoms with E-state index in [1.54, 1.807) is 48.2 Å². The van der Waals surface area contributed by atoms with Gasteiger partial charge in [-0.15, -0.1) is 0 Å². The number of rotatable bonds is 8. The van der Waals surface area contributed by atoms with E-state index in [0.29, 0.717) is 48.8 Å². The van der Waals surface area contributed by atoms with E-state index < -0.39 is 5.56 Å². The number of piperidine rings is 1. The SMILES string of the molecule is CCOC(=O)C1CCCN(C(=O)c2cccc(Nc3c(Oc4cc(C)cc(C)c4)cnn(-c4ccccc4)c3=O)c2)C1. The number of para-hydroxylation sites is 1. The van der Waals surface area contributed by atoms with E-state index >= 15 is 0 Å². The summed E-state index contributed by atoms with van der Waals surface area (Å²) in [5.41, 5.74) is 3.41. The zero-order chi connectivity index (χ0) is 29.6. The fraction of sp³-hybridized carbons (Fsp3) is 0.273. The maximum atomic E-state index is 13.8. The molecule has 1 aromatic heterocycles. The predicted octanol–water partition coefficient (Wildman–Crippen LogP) is 5.80. The van der Waals surface area contributed by atoms with Gasteiger partial charge in [-0.3, -0.25) is 14.4 Å². The normalized spacial score (nSPS) is 14.7. The summed E-state index contributed by atoms with van der Waals surface area (Å²) in [6.07, 6.45) is 2.93. The van der Waals surface area contributed by atoms with Crippen LogP contribution in [-0.4, -0.2) is 46.3 Å². The summed E-state index contributed by atoms with van der Waals surface area (Å²) in [6, 6.07) is 21.9. The van der Waals surface area contributed by atoms with Gasteiger partial charge in [0.05, 0.1) is 24.4 Å². The Hall–Kier alpha value is -4.92. The number of ether oxygens (including phenoxy) is 2. The first kappa shape index (κ1) is 28.6. The number of benzene rings is 3. The van der Waals surface area contributed by atoms with Gasteiger partial charge in [-0.1, -0.05) is 30.3 Å². The largest absolute Gasteiger partial charge is 0.466 e. The molecule has 2 heterocycles. The number of carbonyl (C=O) groups excluding carboxylic acids is 2. The summed E-state index contributed by atoms with van der Waals surface area (Å²) >= 11 is 0. The molecule has 0 radical (unpaired) electrons. The van der Waals surface area contributed by atoms with Crippen LogP contribution in [0.1, 0.15) is 41.3 Å². The maximum Gasteiger partial charge on any atom is 0.310 e. The van der Waals surface area contributed by atoms with Crippen LogP contribution >= 0.6 is 0 Å². The highest BCUT2D eigenvalue weighted by atomic mass is 16.5. The highest BCUT2D eigenvalue weighted by molar-refractivity contribution is 5.95. The number of amides is 1. The number of hydrogen-bond acceptors (Lipinski definition) is 7. The van der Waals surface area contributed by atoms with Crippen molar-refractivity contribution in [3.63, 3.8) is 0 Å². The van der Waals surface area contributed by atoms with E-state index in [1.807, 2.05) is 50.2 Å². The van der Waals surface area contributed by atoms with Crippen LogP contribution in [0.5, 0.6) is 11.5 Å². The van der Waals surface area contributed by atoms with Crippen molar-refractivity contribution in [1.82, 2.24) is 14.7 Å². The van der Waals surface area contributed by atoms with Crippen LogP contribution in [0.15, 0.2) is 83.8 Å². The third-order valence-electron chi connectivity index (χ3n) is 7.07. The average molecular weight is 567 g/mol. The van der Waals surface area contributed by atoms with Gasteiger partial charge in [-0.25, -0.2) is 0 Å². The molecule has 42 heavy (non-hydrogen) atoms. The second-order valence-electron chi connectivity index (χ2n) is 10.4. The molecular weight excluding hydrogens is 532 g/mol. The lowest BCUT2D eigenvalue weighted by Crippen LogP contribution is -2.42. The van der Waals surface area contributed by atoms with Crippen LogP contribution in [0.2, 0.25) is 0 Å². The number of anilines is 2. The van der Waals surface area contributed by atoms with Gasteiger partial charge in [0.15, 0.2) is 11.4 Å². The molecule has 0 spiro atoms. The highest BCUT2D eigenvalue weighted by Crippen LogP contribution is 2.30. The molecular formula is C33H34N4O5. The van der Waals surface area contributed by atoms with Crippen molar-refractivity contribution >= 4 is 23.3 Å². The van der Waals surface area contributed by atoms with Crippen molar-refractivity contribution < 1.29 is 19.1 Å². The van der Waals surface area contributed by atoms with Crippen LogP contribution in [0.25, 0.3) is 5.69 Å². The lowest BCUT2D eigenvalue weighted by molar-refractivity contribution is -0.149. The number of carbonyl (C=O) groups is 2. The van der Waals surface area contributed by atoms with E-state index in [9.17, 15) is 14.4 Å². The number of nitrogens with one attached hydrogen (secondary N) is 1. The average Bonchev–Trinajstić information content (AvgIpc) is 2.99. The maximum absolute atomic E-state index is 13.8. The molecule has 1 unspecified atom stereocenters. The lowest BCUT2D eigenvalue weighted by atomic mass is 9.97. The molecule has 1 N–H and O–H groups in total. The summed E-state index contributed by atoms with van der Waals surface area (Å²) < 4.78 is 12.7. The van der Waals surface area contributed by atoms with Gasteiger partial charge in [-0.05, 0) is 87.2 Å². The molecule has 1 amide bonds. The first-order valence-corrected chi connectivity index (χ1v) is 14.1. The van der Waals surface area contributed by atoms with Crippen LogP contribution in [-0.2, 0) is 9.53 Å². The zero-order valence-electron chi connectivity index (χ0n) is 24.0. The Morgan fingerprint density at radius 1 is 1.00 bits per heavy atom. The van der Waals surface area contributed by atoms with E-state index in [-0.39, 0.29) is 29.2 Å². The quantitative estimate of drug-likeness (QED) is 0.269. The fourth-order valence-electron chi connectivity index (χ4n) is 5.17. The zero-order valence-corrected chi connectivity index (χ0v) is 24.0. The summed E-state index contributed by atoms with van der Waals surface area (Å²) in [6.45, 7) is 6.92. The molecule has 9 heteroatoms. The van der Waals surface area contributed by atoms with Crippen molar-refractivity contribution in [2.45, 2.75) is 33.6 Å². The molecule has 1 aliphatic heterocycles. The van der Waals surface area contributed by atoms with Gasteiger partial charge in [0.2, 0.25) is 0 Å². The molecule has 3 aromatic carbocycles. The number of aromatic nitrogens is 2. The molecule has 0 bridgehead atoms. The number of likely N-dealkylation sites (tertiary alicyclic amines) is 1. The number of esters is 1. The minimum atomic E-state index is -0.409. The smallest absolute Gasteiger partial charge is 0.310 e. The number of aryl methyl sites for hydroxylation is 2. The van der Waals surface area contributed by atoms with Crippen molar-refractivity contribution in [3.8, 4) is 17.2 Å². The van der Waals surface area contributed by atoms with Crippen LogP contribution in [0.4, 0.5) is 11.4 Å². The van der Waals surface area contributed by atoms with Gasteiger partial charge in [0.1, 0.15) is 5.75 Å². The van der Waals surface area contributed by atoms with Crippen molar-refractivity contribution in [3.05, 3.63) is 106 Å². The first-order chi connectivity index (χ1) is 20.3.